The number of hydrogen-bond acceptors (Lipinski definition) is 4. The summed E-state index contributed by atoms with van der Waals surface area (Å²) in [6, 6.07) is 5.31. The molecule has 0 aliphatic carbocycles. The second-order valence-electron chi connectivity index (χ2n) is 4.76. The van der Waals surface area contributed by atoms with Crippen LogP contribution in [0.3, 0.4) is 0 Å². The van der Waals surface area contributed by atoms with Crippen molar-refractivity contribution in [1.29, 1.82) is 0 Å². The van der Waals surface area contributed by atoms with E-state index in [1.54, 1.807) is 16.8 Å². The first-order chi connectivity index (χ1) is 9.65. The number of nitrogens with one attached hydrogen (secondary N) is 1. The highest BCUT2D eigenvalue weighted by molar-refractivity contribution is 5.97. The zero-order chi connectivity index (χ0) is 14.5. The number of benzene rings is 1. The molecule has 0 bridgehead atoms. The summed E-state index contributed by atoms with van der Waals surface area (Å²) in [6.07, 6.45) is 1.08. The molecule has 2 N–H and O–H groups in total. The van der Waals surface area contributed by atoms with Gasteiger partial charge in [-0.05, 0) is 31.5 Å². The fourth-order valence-corrected chi connectivity index (χ4v) is 2.09. The second kappa shape index (κ2) is 6.47. The van der Waals surface area contributed by atoms with Crippen molar-refractivity contribution in [3.63, 3.8) is 0 Å². The molecule has 108 valence electrons. The average Bonchev–Trinajstić information content (AvgIpc) is 2.87. The summed E-state index contributed by atoms with van der Waals surface area (Å²) >= 11 is 0. The predicted molar refractivity (Wildman–Crippen MR) is 76.5 cm³/mol. The Labute approximate surface area is 117 Å². The molecular formula is C14H20N4O2. The molecular weight excluding hydrogens is 256 g/mol. The second-order valence-corrected chi connectivity index (χ2v) is 4.76. The van der Waals surface area contributed by atoms with E-state index in [9.17, 15) is 9.90 Å². The van der Waals surface area contributed by atoms with Crippen molar-refractivity contribution in [2.45, 2.75) is 39.3 Å². The van der Waals surface area contributed by atoms with Crippen LogP contribution in [0.1, 0.15) is 37.0 Å². The average molecular weight is 276 g/mol. The summed E-state index contributed by atoms with van der Waals surface area (Å²) < 4.78 is 1.78. The third kappa shape index (κ3) is 3.14. The van der Waals surface area contributed by atoms with Gasteiger partial charge in [-0.15, -0.1) is 5.10 Å². The zero-order valence-electron chi connectivity index (χ0n) is 11.8. The molecule has 1 unspecified atom stereocenters. The third-order valence-corrected chi connectivity index (χ3v) is 3.20. The van der Waals surface area contributed by atoms with Crippen molar-refractivity contribution in [3.8, 4) is 0 Å². The third-order valence-electron chi connectivity index (χ3n) is 3.20. The molecule has 0 aliphatic heterocycles. The monoisotopic (exact) mass is 276 g/mol. The minimum atomic E-state index is -0.492. The Morgan fingerprint density at radius 1 is 1.45 bits per heavy atom. The molecule has 1 atom stereocenters. The summed E-state index contributed by atoms with van der Waals surface area (Å²) in [5.74, 6) is -0.201. The van der Waals surface area contributed by atoms with Crippen LogP contribution in [0.25, 0.3) is 11.0 Å². The maximum atomic E-state index is 12.0. The van der Waals surface area contributed by atoms with E-state index < -0.39 is 6.10 Å². The van der Waals surface area contributed by atoms with Crippen LogP contribution in [0.4, 0.5) is 0 Å². The maximum absolute atomic E-state index is 12.0. The number of nitrogens with zero attached hydrogens (tertiary/aromatic N) is 3. The van der Waals surface area contributed by atoms with Crippen LogP contribution in [0, 0.1) is 0 Å². The molecule has 2 aromatic rings. The largest absolute Gasteiger partial charge is 0.391 e. The highest BCUT2D eigenvalue weighted by Crippen LogP contribution is 2.13. The predicted octanol–water partition coefficient (Wildman–Crippen LogP) is 1.34. The molecule has 2 rings (SSSR count). The van der Waals surface area contributed by atoms with Gasteiger partial charge in [0.1, 0.15) is 5.52 Å². The molecule has 1 heterocycles. The number of carbonyl (C=O) groups excluding carboxylic acids is 1. The van der Waals surface area contributed by atoms with Gasteiger partial charge < -0.3 is 10.4 Å². The lowest BCUT2D eigenvalue weighted by molar-refractivity contribution is 0.0910. The molecule has 0 fully saturated rings. The number of hydrogen-bond donors (Lipinski definition) is 2. The molecule has 0 saturated heterocycles. The number of rotatable bonds is 6. The summed E-state index contributed by atoms with van der Waals surface area (Å²) in [5.41, 5.74) is 2.15. The lowest BCUT2D eigenvalue weighted by Crippen LogP contribution is -2.31. The quantitative estimate of drug-likeness (QED) is 0.834. The van der Waals surface area contributed by atoms with Crippen molar-refractivity contribution in [2.24, 2.45) is 0 Å². The number of aryl methyl sites for hydroxylation is 1. The van der Waals surface area contributed by atoms with E-state index >= 15 is 0 Å². The van der Waals surface area contributed by atoms with Crippen LogP contribution in [-0.2, 0) is 6.54 Å². The first-order valence-electron chi connectivity index (χ1n) is 6.95. The molecule has 6 heteroatoms. The first kappa shape index (κ1) is 14.5. The SMILES string of the molecule is CCCC(O)CNC(=O)c1ccc2c(c1)nnn2CC. The van der Waals surface area contributed by atoms with Gasteiger partial charge in [0.15, 0.2) is 0 Å². The van der Waals surface area contributed by atoms with Gasteiger partial charge in [0, 0.05) is 18.7 Å². The standard InChI is InChI=1S/C14H20N4O2/c1-3-5-11(19)9-15-14(20)10-6-7-13-12(8-10)16-17-18(13)4-2/h6-8,11,19H,3-5,9H2,1-2H3,(H,15,20). The van der Waals surface area contributed by atoms with Crippen molar-refractivity contribution in [2.75, 3.05) is 6.54 Å². The minimum absolute atomic E-state index is 0.201. The fraction of sp³-hybridized carbons (Fsp3) is 0.500. The Hall–Kier alpha value is -1.95. The molecule has 1 amide bonds. The Morgan fingerprint density at radius 2 is 2.25 bits per heavy atom. The molecule has 6 nitrogen and oxygen atoms in total. The summed E-state index contributed by atoms with van der Waals surface area (Å²) in [6.45, 7) is 5.00. The molecule has 0 spiro atoms. The van der Waals surface area contributed by atoms with Gasteiger partial charge in [-0.2, -0.15) is 0 Å². The number of aliphatic hydroxyl groups is 1. The smallest absolute Gasteiger partial charge is 0.251 e. The Balaban J connectivity index is 2.07. The van der Waals surface area contributed by atoms with Crippen LogP contribution >= 0.6 is 0 Å². The van der Waals surface area contributed by atoms with Crippen LogP contribution in [0.5, 0.6) is 0 Å². The van der Waals surface area contributed by atoms with E-state index in [1.807, 2.05) is 19.9 Å². The lowest BCUT2D eigenvalue weighted by atomic mass is 10.1. The van der Waals surface area contributed by atoms with Crippen molar-refractivity contribution < 1.29 is 9.90 Å². The highest BCUT2D eigenvalue weighted by Gasteiger charge is 2.11. The molecule has 0 radical (unpaired) electrons. The number of aliphatic hydroxyl groups excluding tert-OH is 1. The molecule has 20 heavy (non-hydrogen) atoms. The summed E-state index contributed by atoms with van der Waals surface area (Å²) in [7, 11) is 0. The zero-order valence-corrected chi connectivity index (χ0v) is 11.8. The van der Waals surface area contributed by atoms with Gasteiger partial charge in [0.2, 0.25) is 0 Å². The van der Waals surface area contributed by atoms with E-state index in [4.69, 9.17) is 0 Å². The van der Waals surface area contributed by atoms with E-state index in [1.165, 1.54) is 0 Å². The minimum Gasteiger partial charge on any atom is -0.391 e. The van der Waals surface area contributed by atoms with Crippen molar-refractivity contribution in [1.82, 2.24) is 20.3 Å². The van der Waals surface area contributed by atoms with E-state index in [2.05, 4.69) is 15.6 Å². The number of amides is 1. The molecule has 1 aromatic heterocycles. The normalized spacial score (nSPS) is 12.6. The molecule has 0 aliphatic rings. The summed E-state index contributed by atoms with van der Waals surface area (Å²) in [5, 5.41) is 20.4. The Morgan fingerprint density at radius 3 is 2.95 bits per heavy atom. The Bertz CT molecular complexity index is 594. The maximum Gasteiger partial charge on any atom is 0.251 e. The van der Waals surface area contributed by atoms with Gasteiger partial charge in [0.25, 0.3) is 5.91 Å². The number of carbonyl (C=O) groups is 1. The summed E-state index contributed by atoms with van der Waals surface area (Å²) in [4.78, 5) is 12.0. The van der Waals surface area contributed by atoms with Gasteiger partial charge in [-0.1, -0.05) is 18.6 Å². The van der Waals surface area contributed by atoms with Gasteiger partial charge in [-0.25, -0.2) is 4.68 Å². The Kier molecular flexibility index (Phi) is 4.68. The van der Waals surface area contributed by atoms with Crippen LogP contribution < -0.4 is 5.32 Å². The fourth-order valence-electron chi connectivity index (χ4n) is 2.09. The van der Waals surface area contributed by atoms with E-state index in [-0.39, 0.29) is 12.5 Å². The van der Waals surface area contributed by atoms with Crippen LogP contribution in [-0.4, -0.2) is 38.7 Å². The number of aromatic nitrogens is 3. The van der Waals surface area contributed by atoms with E-state index in [0.29, 0.717) is 17.5 Å². The molecule has 1 aromatic carbocycles. The molecule has 0 saturated carbocycles. The van der Waals surface area contributed by atoms with Gasteiger partial charge in [-0.3, -0.25) is 4.79 Å². The van der Waals surface area contributed by atoms with Gasteiger partial charge in [0.05, 0.1) is 11.6 Å². The van der Waals surface area contributed by atoms with Gasteiger partial charge >= 0.3 is 0 Å². The lowest BCUT2D eigenvalue weighted by Gasteiger charge is -2.10. The topological polar surface area (TPSA) is 80.0 Å². The van der Waals surface area contributed by atoms with Crippen LogP contribution in [0.15, 0.2) is 18.2 Å². The van der Waals surface area contributed by atoms with Crippen molar-refractivity contribution in [3.05, 3.63) is 23.8 Å². The van der Waals surface area contributed by atoms with E-state index in [0.717, 1.165) is 18.5 Å². The van der Waals surface area contributed by atoms with Crippen LogP contribution in [0.2, 0.25) is 0 Å². The highest BCUT2D eigenvalue weighted by atomic mass is 16.3. The number of fused-ring (bicyclic) bond motifs is 1. The van der Waals surface area contributed by atoms with Crippen molar-refractivity contribution >= 4 is 16.9 Å². The first-order valence-corrected chi connectivity index (χ1v) is 6.95.